The molecular formula is C15H23F3N4O4S. The number of sulfonamides is 1. The number of rotatable bonds is 5. The number of aromatic nitrogens is 2. The van der Waals surface area contributed by atoms with E-state index in [9.17, 15) is 21.6 Å². The highest BCUT2D eigenvalue weighted by molar-refractivity contribution is 7.88. The van der Waals surface area contributed by atoms with Crippen LogP contribution >= 0.6 is 0 Å². The van der Waals surface area contributed by atoms with Gasteiger partial charge in [-0.05, 0) is 18.8 Å². The largest absolute Gasteiger partial charge is 0.490 e. The third kappa shape index (κ3) is 6.78. The van der Waals surface area contributed by atoms with Gasteiger partial charge in [-0.1, -0.05) is 6.42 Å². The Hall–Kier alpha value is -1.66. The molecule has 1 unspecified atom stereocenters. The number of fused-ring (bicyclic) bond motifs is 1. The second-order valence-electron chi connectivity index (χ2n) is 6.86. The molecule has 0 aromatic carbocycles. The Bertz CT molecular complexity index is 746. The quantitative estimate of drug-likeness (QED) is 0.754. The van der Waals surface area contributed by atoms with Gasteiger partial charge in [0.1, 0.15) is 0 Å². The summed E-state index contributed by atoms with van der Waals surface area (Å²) in [7, 11) is -3.15. The Morgan fingerprint density at radius 1 is 1.41 bits per heavy atom. The van der Waals surface area contributed by atoms with E-state index in [1.165, 1.54) is 31.2 Å². The smallest absolute Gasteiger partial charge is 0.475 e. The number of imidazole rings is 1. The van der Waals surface area contributed by atoms with Crippen LogP contribution in [0.25, 0.3) is 0 Å². The first kappa shape index (κ1) is 21.6. The summed E-state index contributed by atoms with van der Waals surface area (Å²) in [5.74, 6) is -1.93. The molecule has 1 aliphatic heterocycles. The summed E-state index contributed by atoms with van der Waals surface area (Å²) < 4.78 is 59.0. The summed E-state index contributed by atoms with van der Waals surface area (Å²) >= 11 is 0. The molecule has 0 radical (unpaired) electrons. The SMILES string of the molecule is CS(=O)(=O)NCC1CN(CC2CCC2)Cc2cncn21.O=C(O)C(F)(F)F. The summed E-state index contributed by atoms with van der Waals surface area (Å²) in [6.07, 6.45) is 3.85. The van der Waals surface area contributed by atoms with Crippen molar-refractivity contribution < 1.29 is 31.5 Å². The van der Waals surface area contributed by atoms with Gasteiger partial charge in [-0.2, -0.15) is 13.2 Å². The second-order valence-corrected chi connectivity index (χ2v) is 8.69. The summed E-state index contributed by atoms with van der Waals surface area (Å²) in [5.41, 5.74) is 1.18. The van der Waals surface area contributed by atoms with E-state index in [1.807, 2.05) is 12.5 Å². The van der Waals surface area contributed by atoms with E-state index in [-0.39, 0.29) is 6.04 Å². The molecule has 154 valence electrons. The maximum Gasteiger partial charge on any atom is 0.490 e. The Morgan fingerprint density at radius 2 is 2.04 bits per heavy atom. The van der Waals surface area contributed by atoms with Gasteiger partial charge >= 0.3 is 12.1 Å². The van der Waals surface area contributed by atoms with Crippen molar-refractivity contribution in [2.45, 2.75) is 38.0 Å². The minimum absolute atomic E-state index is 0.135. The molecule has 1 atom stereocenters. The van der Waals surface area contributed by atoms with Gasteiger partial charge in [-0.15, -0.1) is 0 Å². The van der Waals surface area contributed by atoms with Crippen LogP contribution in [-0.4, -0.2) is 66.0 Å². The molecule has 12 heteroatoms. The molecule has 0 saturated heterocycles. The molecule has 1 aromatic heterocycles. The average Bonchev–Trinajstić information content (AvgIpc) is 2.96. The van der Waals surface area contributed by atoms with Crippen molar-refractivity contribution in [2.75, 3.05) is 25.9 Å². The lowest BCUT2D eigenvalue weighted by Gasteiger charge is -2.38. The molecule has 1 aromatic rings. The maximum atomic E-state index is 11.3. The molecule has 0 bridgehead atoms. The van der Waals surface area contributed by atoms with Crippen molar-refractivity contribution in [1.29, 1.82) is 0 Å². The standard InChI is InChI=1S/C13H22N4O2S.C2HF3O2/c1-20(18,19)15-6-13-9-16(7-11-3-2-4-11)8-12-5-14-10-17(12)13;3-2(4,5)1(6)7/h5,10-11,13,15H,2-4,6-9H2,1H3;(H,6,7). The number of alkyl halides is 3. The zero-order valence-electron chi connectivity index (χ0n) is 14.8. The van der Waals surface area contributed by atoms with Gasteiger partial charge in [0.05, 0.1) is 24.3 Å². The van der Waals surface area contributed by atoms with Gasteiger partial charge in [0.2, 0.25) is 10.0 Å². The zero-order chi connectivity index (χ0) is 20.2. The van der Waals surface area contributed by atoms with Crippen LogP contribution in [0.2, 0.25) is 0 Å². The van der Waals surface area contributed by atoms with Crippen molar-refractivity contribution in [3.05, 3.63) is 18.2 Å². The topological polar surface area (TPSA) is 105 Å². The minimum Gasteiger partial charge on any atom is -0.475 e. The third-order valence-corrected chi connectivity index (χ3v) is 5.25. The predicted octanol–water partition coefficient (Wildman–Crippen LogP) is 1.22. The molecule has 0 amide bonds. The van der Waals surface area contributed by atoms with Crippen molar-refractivity contribution >= 4 is 16.0 Å². The van der Waals surface area contributed by atoms with Crippen LogP contribution in [0.4, 0.5) is 13.2 Å². The van der Waals surface area contributed by atoms with Gasteiger partial charge in [0, 0.05) is 32.4 Å². The molecule has 2 N–H and O–H groups in total. The van der Waals surface area contributed by atoms with Gasteiger partial charge in [-0.25, -0.2) is 22.9 Å². The van der Waals surface area contributed by atoms with E-state index in [0.717, 1.165) is 25.6 Å². The number of carboxylic acids is 1. The molecule has 0 spiro atoms. The van der Waals surface area contributed by atoms with E-state index in [0.29, 0.717) is 6.54 Å². The summed E-state index contributed by atoms with van der Waals surface area (Å²) in [6.45, 7) is 3.37. The summed E-state index contributed by atoms with van der Waals surface area (Å²) in [6, 6.07) is 0.135. The number of carboxylic acid groups (broad SMARTS) is 1. The van der Waals surface area contributed by atoms with Crippen molar-refractivity contribution in [1.82, 2.24) is 19.2 Å². The Kier molecular flexibility index (Phi) is 6.87. The zero-order valence-corrected chi connectivity index (χ0v) is 15.6. The molecule has 2 aliphatic rings. The van der Waals surface area contributed by atoms with Crippen LogP contribution in [0, 0.1) is 5.92 Å². The fourth-order valence-corrected chi connectivity index (χ4v) is 3.55. The monoisotopic (exact) mass is 412 g/mol. The maximum absolute atomic E-state index is 11.3. The lowest BCUT2D eigenvalue weighted by molar-refractivity contribution is -0.192. The van der Waals surface area contributed by atoms with Gasteiger partial charge < -0.3 is 9.67 Å². The highest BCUT2D eigenvalue weighted by Crippen LogP contribution is 2.29. The number of aliphatic carboxylic acids is 1. The fourth-order valence-electron chi connectivity index (χ4n) is 3.05. The fraction of sp³-hybridized carbons (Fsp3) is 0.733. The number of hydrogen-bond donors (Lipinski definition) is 2. The lowest BCUT2D eigenvalue weighted by Crippen LogP contribution is -2.44. The van der Waals surface area contributed by atoms with E-state index < -0.39 is 22.2 Å². The van der Waals surface area contributed by atoms with Crippen LogP contribution in [0.15, 0.2) is 12.5 Å². The normalized spacial score (nSPS) is 21.0. The number of carbonyl (C=O) groups is 1. The van der Waals surface area contributed by atoms with Crippen molar-refractivity contribution in [2.24, 2.45) is 5.92 Å². The van der Waals surface area contributed by atoms with E-state index >= 15 is 0 Å². The summed E-state index contributed by atoms with van der Waals surface area (Å²) in [4.78, 5) is 15.5. The highest BCUT2D eigenvalue weighted by Gasteiger charge is 2.38. The van der Waals surface area contributed by atoms with Crippen LogP contribution in [0.3, 0.4) is 0 Å². The van der Waals surface area contributed by atoms with Gasteiger partial charge in [-0.3, -0.25) is 4.90 Å². The number of nitrogens with one attached hydrogen (secondary N) is 1. The molecule has 27 heavy (non-hydrogen) atoms. The van der Waals surface area contributed by atoms with Crippen LogP contribution in [0.1, 0.15) is 31.0 Å². The number of nitrogens with zero attached hydrogens (tertiary/aromatic N) is 3. The molecule has 1 saturated carbocycles. The number of hydrogen-bond acceptors (Lipinski definition) is 5. The molecule has 3 rings (SSSR count). The first-order valence-electron chi connectivity index (χ1n) is 8.43. The van der Waals surface area contributed by atoms with E-state index in [4.69, 9.17) is 9.90 Å². The first-order chi connectivity index (χ1) is 12.5. The average molecular weight is 412 g/mol. The van der Waals surface area contributed by atoms with Crippen molar-refractivity contribution in [3.63, 3.8) is 0 Å². The Morgan fingerprint density at radius 3 is 2.52 bits per heavy atom. The Labute approximate surface area is 155 Å². The second kappa shape index (κ2) is 8.57. The lowest BCUT2D eigenvalue weighted by atomic mass is 9.85. The third-order valence-electron chi connectivity index (χ3n) is 4.56. The molecule has 1 fully saturated rings. The van der Waals surface area contributed by atoms with E-state index in [2.05, 4.69) is 19.2 Å². The molecule has 2 heterocycles. The van der Waals surface area contributed by atoms with Gasteiger partial charge in [0.25, 0.3) is 0 Å². The molecular weight excluding hydrogens is 389 g/mol. The van der Waals surface area contributed by atoms with Crippen molar-refractivity contribution in [3.8, 4) is 0 Å². The number of halogens is 3. The summed E-state index contributed by atoms with van der Waals surface area (Å²) in [5, 5.41) is 7.12. The van der Waals surface area contributed by atoms with Crippen LogP contribution in [0.5, 0.6) is 0 Å². The Balaban J connectivity index is 0.000000321. The molecule has 1 aliphatic carbocycles. The van der Waals surface area contributed by atoms with Crippen LogP contribution < -0.4 is 4.72 Å². The van der Waals surface area contributed by atoms with Gasteiger partial charge in [0.15, 0.2) is 0 Å². The molecule has 8 nitrogen and oxygen atoms in total. The highest BCUT2D eigenvalue weighted by atomic mass is 32.2. The van der Waals surface area contributed by atoms with Crippen LogP contribution in [-0.2, 0) is 21.4 Å². The minimum atomic E-state index is -5.08. The first-order valence-corrected chi connectivity index (χ1v) is 10.3. The predicted molar refractivity (Wildman–Crippen MR) is 90.4 cm³/mol. The van der Waals surface area contributed by atoms with E-state index in [1.54, 1.807) is 0 Å².